The summed E-state index contributed by atoms with van der Waals surface area (Å²) in [6.45, 7) is 8.74. The second kappa shape index (κ2) is 12.3. The van der Waals surface area contributed by atoms with Crippen LogP contribution in [0.5, 0.6) is 0 Å². The average Bonchev–Trinajstić information content (AvgIpc) is 3.13. The topological polar surface area (TPSA) is 0 Å². The molecule has 0 aromatic carbocycles. The van der Waals surface area contributed by atoms with Gasteiger partial charge in [-0.2, -0.15) is 45.6 Å². The Morgan fingerprint density at radius 2 is 1.04 bits per heavy atom. The molecule has 0 spiro atoms. The van der Waals surface area contributed by atoms with Gasteiger partial charge in [0.25, 0.3) is 0 Å². The van der Waals surface area contributed by atoms with Crippen LogP contribution in [0.25, 0.3) is 0 Å². The van der Waals surface area contributed by atoms with Crippen LogP contribution in [0.4, 0.5) is 0 Å². The van der Waals surface area contributed by atoms with Gasteiger partial charge in [0.05, 0.1) is 0 Å². The molecule has 0 N–H and O–H groups in total. The van der Waals surface area contributed by atoms with Gasteiger partial charge in [-0.15, -0.1) is 36.0 Å². The molecule has 4 aliphatic rings. The summed E-state index contributed by atoms with van der Waals surface area (Å²) in [6.07, 6.45) is 19.0. The van der Waals surface area contributed by atoms with E-state index in [0.29, 0.717) is 0 Å². The number of allylic oxidation sites excluding steroid dienone is 12. The van der Waals surface area contributed by atoms with Gasteiger partial charge in [0, 0.05) is 0 Å². The molecule has 0 amide bonds. The fourth-order valence-corrected chi connectivity index (χ4v) is 3.78. The van der Waals surface area contributed by atoms with Crippen molar-refractivity contribution in [3.05, 3.63) is 68.9 Å². The standard InChI is InChI=1S/2C11H13.CH2.2ClH.Hf/c2*1-8-6-10-5-3-4-9(2)11(10)7-8;;;;/h2*7H,3-5H2,1-2H3;1H2;2*1H;/q2*-1;;;;+2. The van der Waals surface area contributed by atoms with E-state index < -0.39 is 0 Å². The van der Waals surface area contributed by atoms with Gasteiger partial charge in [-0.25, -0.2) is 12.2 Å². The van der Waals surface area contributed by atoms with Crippen LogP contribution in [0, 0.1) is 12.2 Å². The van der Waals surface area contributed by atoms with Gasteiger partial charge >= 0.3 is 28.2 Å². The maximum atomic E-state index is 3.41. The van der Waals surface area contributed by atoms with Crippen LogP contribution in [-0.2, 0) is 23.9 Å². The fraction of sp³-hybridized carbons (Fsp3) is 0.435. The Bertz CT molecular complexity index is 640. The molecule has 0 saturated heterocycles. The van der Waals surface area contributed by atoms with E-state index in [1.807, 2.05) is 0 Å². The van der Waals surface area contributed by atoms with Crippen LogP contribution >= 0.6 is 24.8 Å². The number of fused-ring (bicyclic) bond motifs is 2. The predicted octanol–water partition coefficient (Wildman–Crippen LogP) is 7.16. The summed E-state index contributed by atoms with van der Waals surface area (Å²) in [6, 6.07) is 0. The first-order valence-electron chi connectivity index (χ1n) is 8.92. The average molecular weight is 556 g/mol. The van der Waals surface area contributed by atoms with Crippen molar-refractivity contribution in [3.8, 4) is 0 Å². The minimum atomic E-state index is 0. The molecular weight excluding hydrogens is 526 g/mol. The monoisotopic (exact) mass is 556 g/mol. The Labute approximate surface area is 187 Å². The maximum absolute atomic E-state index is 3.41. The molecule has 0 saturated carbocycles. The summed E-state index contributed by atoms with van der Waals surface area (Å²) >= 11 is 1.06. The van der Waals surface area contributed by atoms with Crippen molar-refractivity contribution in [1.29, 1.82) is 0 Å². The van der Waals surface area contributed by atoms with Crippen LogP contribution < -0.4 is 0 Å². The van der Waals surface area contributed by atoms with E-state index in [9.17, 15) is 0 Å². The quantitative estimate of drug-likeness (QED) is 0.220. The van der Waals surface area contributed by atoms with Gasteiger partial charge in [-0.05, 0) is 25.7 Å². The molecule has 3 heteroatoms. The number of hydrogen-bond acceptors (Lipinski definition) is 0. The first-order chi connectivity index (χ1) is 11.5. The summed E-state index contributed by atoms with van der Waals surface area (Å²) in [5.74, 6) is 0. The predicted molar refractivity (Wildman–Crippen MR) is 116 cm³/mol. The van der Waals surface area contributed by atoms with Crippen LogP contribution in [0.2, 0.25) is 0 Å². The van der Waals surface area contributed by atoms with Crippen LogP contribution in [0.3, 0.4) is 0 Å². The third kappa shape index (κ3) is 6.43. The molecule has 0 radical (unpaired) electrons. The summed E-state index contributed by atoms with van der Waals surface area (Å²) in [4.78, 5) is 0. The van der Waals surface area contributed by atoms with E-state index in [0.717, 1.165) is 23.9 Å². The second-order valence-corrected chi connectivity index (χ2v) is 6.96. The number of halogens is 2. The fourth-order valence-electron chi connectivity index (χ4n) is 3.78. The SMILES string of the molecule is CC1=CC2=C(C)CCCC2=[C-]1.CC1=CC2=C(C)CCCC2=[C-]1.Cl.Cl.[CH2]=[Hf+2]. The molecule has 0 heterocycles. The van der Waals surface area contributed by atoms with Crippen molar-refractivity contribution in [2.24, 2.45) is 0 Å². The van der Waals surface area contributed by atoms with E-state index in [2.05, 4.69) is 56.3 Å². The van der Waals surface area contributed by atoms with Gasteiger partial charge in [0.15, 0.2) is 0 Å². The zero-order chi connectivity index (χ0) is 17.7. The molecule has 0 atom stereocenters. The van der Waals surface area contributed by atoms with Crippen molar-refractivity contribution >= 4 is 29.1 Å². The van der Waals surface area contributed by atoms with Crippen molar-refractivity contribution in [2.45, 2.75) is 66.2 Å². The van der Waals surface area contributed by atoms with Crippen LogP contribution in [-0.4, -0.2) is 4.26 Å². The summed E-state index contributed by atoms with van der Waals surface area (Å²) in [5.41, 5.74) is 11.6. The summed E-state index contributed by atoms with van der Waals surface area (Å²) in [5, 5.41) is 0. The van der Waals surface area contributed by atoms with E-state index in [1.54, 1.807) is 11.1 Å². The molecule has 26 heavy (non-hydrogen) atoms. The van der Waals surface area contributed by atoms with Crippen molar-refractivity contribution in [2.75, 3.05) is 0 Å². The van der Waals surface area contributed by atoms with Crippen LogP contribution in [0.1, 0.15) is 66.2 Å². The molecule has 0 aliphatic heterocycles. The molecule has 0 aromatic heterocycles. The Balaban J connectivity index is 0.000000410. The Kier molecular flexibility index (Phi) is 12.2. The first-order valence-corrected chi connectivity index (χ1v) is 11.5. The molecule has 0 unspecified atom stereocenters. The van der Waals surface area contributed by atoms with Crippen molar-refractivity contribution < 1.29 is 23.9 Å². The molecule has 0 aromatic rings. The molecule has 4 aliphatic carbocycles. The Morgan fingerprint density at radius 1 is 0.692 bits per heavy atom. The van der Waals surface area contributed by atoms with Crippen molar-refractivity contribution in [3.63, 3.8) is 0 Å². The number of rotatable bonds is 0. The molecule has 140 valence electrons. The first kappa shape index (κ1) is 25.8. The van der Waals surface area contributed by atoms with Gasteiger partial charge in [-0.3, -0.25) is 0 Å². The zero-order valence-corrected chi connectivity index (χ0v) is 21.6. The summed E-state index contributed by atoms with van der Waals surface area (Å²) in [7, 11) is 0. The van der Waals surface area contributed by atoms with Crippen LogP contribution in [0.15, 0.2) is 56.7 Å². The zero-order valence-electron chi connectivity index (χ0n) is 16.4. The molecule has 0 nitrogen and oxygen atoms in total. The van der Waals surface area contributed by atoms with E-state index >= 15 is 0 Å². The second-order valence-electron chi connectivity index (χ2n) is 6.96. The molecule has 4 rings (SSSR count). The number of hydrogen-bond donors (Lipinski definition) is 0. The van der Waals surface area contributed by atoms with Crippen molar-refractivity contribution in [1.82, 2.24) is 0 Å². The summed E-state index contributed by atoms with van der Waals surface area (Å²) < 4.78 is 3.39. The third-order valence-electron chi connectivity index (χ3n) is 4.94. The normalized spacial score (nSPS) is 19.8. The molecular formula is C23H30Cl2Hf. The minimum absolute atomic E-state index is 0. The van der Waals surface area contributed by atoms with Gasteiger partial charge in [0.1, 0.15) is 0 Å². The Hall–Kier alpha value is -0.240. The molecule has 0 bridgehead atoms. The third-order valence-corrected chi connectivity index (χ3v) is 4.94. The van der Waals surface area contributed by atoms with Gasteiger partial charge < -0.3 is 0 Å². The van der Waals surface area contributed by atoms with E-state index in [-0.39, 0.29) is 24.8 Å². The van der Waals surface area contributed by atoms with Gasteiger partial charge in [-0.1, -0.05) is 40.5 Å². The van der Waals surface area contributed by atoms with E-state index in [1.165, 1.54) is 72.0 Å². The van der Waals surface area contributed by atoms with E-state index in [4.69, 9.17) is 0 Å². The Morgan fingerprint density at radius 3 is 1.35 bits per heavy atom. The van der Waals surface area contributed by atoms with Gasteiger partial charge in [0.2, 0.25) is 0 Å². The molecule has 0 fully saturated rings.